The summed E-state index contributed by atoms with van der Waals surface area (Å²) in [4.78, 5) is 1.33. The second-order valence-corrected chi connectivity index (χ2v) is 5.66. The van der Waals surface area contributed by atoms with Crippen molar-refractivity contribution in [2.45, 2.75) is 42.7 Å². The Balaban J connectivity index is 2.01. The monoisotopic (exact) mass is 251 g/mol. The van der Waals surface area contributed by atoms with Crippen LogP contribution < -0.4 is 5.32 Å². The zero-order valence-corrected chi connectivity index (χ0v) is 11.2. The van der Waals surface area contributed by atoms with Crippen LogP contribution in [0.3, 0.4) is 0 Å². The number of aliphatic hydroxyl groups is 1. The highest BCUT2D eigenvalue weighted by Crippen LogP contribution is 2.30. The molecular weight excluding hydrogens is 230 g/mol. The van der Waals surface area contributed by atoms with Gasteiger partial charge in [0.05, 0.1) is 6.61 Å². The van der Waals surface area contributed by atoms with Gasteiger partial charge in [0, 0.05) is 17.0 Å². The molecule has 1 saturated carbocycles. The first kappa shape index (κ1) is 12.9. The van der Waals surface area contributed by atoms with Crippen molar-refractivity contribution in [3.8, 4) is 0 Å². The third-order valence-electron chi connectivity index (χ3n) is 3.71. The highest BCUT2D eigenvalue weighted by Gasteiger charge is 2.32. The van der Waals surface area contributed by atoms with Crippen molar-refractivity contribution in [2.24, 2.45) is 0 Å². The van der Waals surface area contributed by atoms with Crippen molar-refractivity contribution >= 4 is 11.8 Å². The molecule has 0 saturated heterocycles. The van der Waals surface area contributed by atoms with Crippen LogP contribution in [0.2, 0.25) is 0 Å². The largest absolute Gasteiger partial charge is 0.394 e. The molecule has 0 spiro atoms. The lowest BCUT2D eigenvalue weighted by Gasteiger charge is -2.28. The van der Waals surface area contributed by atoms with E-state index in [0.29, 0.717) is 0 Å². The summed E-state index contributed by atoms with van der Waals surface area (Å²) >= 11 is 1.78. The number of nitrogens with one attached hydrogen (secondary N) is 1. The summed E-state index contributed by atoms with van der Waals surface area (Å²) in [6.45, 7) is 1.12. The summed E-state index contributed by atoms with van der Waals surface area (Å²) in [5.74, 6) is 0. The molecule has 2 rings (SSSR count). The molecule has 1 aliphatic rings. The Morgan fingerprint density at radius 1 is 1.29 bits per heavy atom. The molecule has 1 fully saturated rings. The minimum atomic E-state index is -0.0223. The summed E-state index contributed by atoms with van der Waals surface area (Å²) in [5.41, 5.74) is 1.31. The zero-order valence-electron chi connectivity index (χ0n) is 10.4. The Hall–Kier alpha value is -0.510. The topological polar surface area (TPSA) is 32.3 Å². The second-order valence-electron chi connectivity index (χ2n) is 4.81. The smallest absolute Gasteiger partial charge is 0.0613 e. The predicted molar refractivity (Wildman–Crippen MR) is 73.3 cm³/mol. The van der Waals surface area contributed by atoms with E-state index in [1.54, 1.807) is 11.8 Å². The molecule has 0 aromatic heterocycles. The first-order chi connectivity index (χ1) is 8.29. The molecule has 3 heteroatoms. The van der Waals surface area contributed by atoms with Gasteiger partial charge in [-0.25, -0.2) is 0 Å². The molecule has 1 aromatic carbocycles. The van der Waals surface area contributed by atoms with Gasteiger partial charge in [-0.2, -0.15) is 0 Å². The van der Waals surface area contributed by atoms with Gasteiger partial charge < -0.3 is 10.4 Å². The number of hydrogen-bond acceptors (Lipinski definition) is 3. The summed E-state index contributed by atoms with van der Waals surface area (Å²) in [6.07, 6.45) is 6.78. The fourth-order valence-corrected chi connectivity index (χ4v) is 3.19. The summed E-state index contributed by atoms with van der Waals surface area (Å²) in [7, 11) is 0. The molecule has 2 nitrogen and oxygen atoms in total. The second kappa shape index (κ2) is 5.89. The van der Waals surface area contributed by atoms with Crippen LogP contribution in [0.1, 0.15) is 31.2 Å². The van der Waals surface area contributed by atoms with Crippen molar-refractivity contribution in [1.29, 1.82) is 0 Å². The Morgan fingerprint density at radius 3 is 2.65 bits per heavy atom. The summed E-state index contributed by atoms with van der Waals surface area (Å²) < 4.78 is 0. The molecule has 17 heavy (non-hydrogen) atoms. The molecule has 0 heterocycles. The van der Waals surface area contributed by atoms with E-state index >= 15 is 0 Å². The fraction of sp³-hybridized carbons (Fsp3) is 0.571. The van der Waals surface area contributed by atoms with Crippen LogP contribution in [0.25, 0.3) is 0 Å². The Labute approximate surface area is 108 Å². The van der Waals surface area contributed by atoms with E-state index in [1.165, 1.54) is 23.3 Å². The van der Waals surface area contributed by atoms with E-state index in [0.717, 1.165) is 19.4 Å². The van der Waals surface area contributed by atoms with Crippen LogP contribution in [0.5, 0.6) is 0 Å². The minimum Gasteiger partial charge on any atom is -0.394 e. The third-order valence-corrected chi connectivity index (χ3v) is 4.55. The lowest BCUT2D eigenvalue weighted by atomic mass is 9.98. The van der Waals surface area contributed by atoms with Crippen LogP contribution in [-0.2, 0) is 6.54 Å². The molecule has 94 valence electrons. The SMILES string of the molecule is CSc1ccccc1CNC1(CO)CCCC1. The Morgan fingerprint density at radius 2 is 2.00 bits per heavy atom. The van der Waals surface area contributed by atoms with Crippen molar-refractivity contribution < 1.29 is 5.11 Å². The van der Waals surface area contributed by atoms with Gasteiger partial charge in [0.15, 0.2) is 0 Å². The zero-order chi connectivity index (χ0) is 12.1. The average Bonchev–Trinajstić information content (AvgIpc) is 2.86. The Kier molecular flexibility index (Phi) is 4.48. The van der Waals surface area contributed by atoms with E-state index in [1.807, 2.05) is 0 Å². The molecule has 0 radical (unpaired) electrons. The van der Waals surface area contributed by atoms with Crippen molar-refractivity contribution in [3.05, 3.63) is 29.8 Å². The molecule has 0 unspecified atom stereocenters. The minimum absolute atomic E-state index is 0.0223. The number of hydrogen-bond donors (Lipinski definition) is 2. The van der Waals surface area contributed by atoms with Crippen LogP contribution in [0.15, 0.2) is 29.2 Å². The van der Waals surface area contributed by atoms with Gasteiger partial charge in [0.1, 0.15) is 0 Å². The molecule has 1 aliphatic carbocycles. The third kappa shape index (κ3) is 3.03. The Bertz CT molecular complexity index is 361. The normalized spacial score (nSPS) is 18.5. The lowest BCUT2D eigenvalue weighted by Crippen LogP contribution is -2.45. The first-order valence-corrected chi connectivity index (χ1v) is 7.50. The number of thioether (sulfide) groups is 1. The maximum Gasteiger partial charge on any atom is 0.0613 e. The first-order valence-electron chi connectivity index (χ1n) is 6.27. The van der Waals surface area contributed by atoms with E-state index in [2.05, 4.69) is 35.8 Å². The average molecular weight is 251 g/mol. The number of benzene rings is 1. The van der Waals surface area contributed by atoms with Gasteiger partial charge in [-0.3, -0.25) is 0 Å². The molecule has 1 aromatic rings. The lowest BCUT2D eigenvalue weighted by molar-refractivity contribution is 0.162. The highest BCUT2D eigenvalue weighted by molar-refractivity contribution is 7.98. The van der Waals surface area contributed by atoms with Gasteiger partial charge in [-0.15, -0.1) is 11.8 Å². The van der Waals surface area contributed by atoms with Gasteiger partial charge in [-0.05, 0) is 30.7 Å². The van der Waals surface area contributed by atoms with Crippen molar-refractivity contribution in [3.63, 3.8) is 0 Å². The number of rotatable bonds is 5. The van der Waals surface area contributed by atoms with E-state index < -0.39 is 0 Å². The van der Waals surface area contributed by atoms with Crippen molar-refractivity contribution in [2.75, 3.05) is 12.9 Å². The number of aliphatic hydroxyl groups excluding tert-OH is 1. The van der Waals surface area contributed by atoms with E-state index in [4.69, 9.17) is 0 Å². The maximum absolute atomic E-state index is 9.55. The van der Waals surface area contributed by atoms with Crippen LogP contribution in [-0.4, -0.2) is 23.5 Å². The summed E-state index contributed by atoms with van der Waals surface area (Å²) in [5, 5.41) is 13.1. The van der Waals surface area contributed by atoms with Gasteiger partial charge in [0.25, 0.3) is 0 Å². The predicted octanol–water partition coefficient (Wildman–Crippen LogP) is 2.80. The standard InChI is InChI=1S/C14H21NOS/c1-17-13-7-3-2-6-12(13)10-15-14(11-16)8-4-5-9-14/h2-3,6-7,15-16H,4-5,8-11H2,1H3. The molecule has 2 N–H and O–H groups in total. The molecule has 0 bridgehead atoms. The van der Waals surface area contributed by atoms with Gasteiger partial charge >= 0.3 is 0 Å². The van der Waals surface area contributed by atoms with Crippen LogP contribution in [0, 0.1) is 0 Å². The summed E-state index contributed by atoms with van der Waals surface area (Å²) in [6, 6.07) is 8.48. The molecule has 0 aliphatic heterocycles. The van der Waals surface area contributed by atoms with Gasteiger partial charge in [0.2, 0.25) is 0 Å². The molecule has 0 atom stereocenters. The maximum atomic E-state index is 9.55. The molecule has 0 amide bonds. The fourth-order valence-electron chi connectivity index (χ4n) is 2.57. The van der Waals surface area contributed by atoms with E-state index in [-0.39, 0.29) is 12.1 Å². The van der Waals surface area contributed by atoms with E-state index in [9.17, 15) is 5.11 Å². The quantitative estimate of drug-likeness (QED) is 0.789. The van der Waals surface area contributed by atoms with Crippen LogP contribution >= 0.6 is 11.8 Å². The molecular formula is C14H21NOS. The van der Waals surface area contributed by atoms with Crippen molar-refractivity contribution in [1.82, 2.24) is 5.32 Å². The van der Waals surface area contributed by atoms with Gasteiger partial charge in [-0.1, -0.05) is 31.0 Å². The highest BCUT2D eigenvalue weighted by atomic mass is 32.2. The van der Waals surface area contributed by atoms with Crippen LogP contribution in [0.4, 0.5) is 0 Å².